The largest absolute Gasteiger partial charge is 0.455 e. The molecule has 0 radical (unpaired) electrons. The van der Waals surface area contributed by atoms with Gasteiger partial charge in [-0.3, -0.25) is 19.4 Å². The van der Waals surface area contributed by atoms with Crippen molar-refractivity contribution in [2.75, 3.05) is 28.2 Å². The first kappa shape index (κ1) is 22.5. The monoisotopic (exact) mass is 426 g/mol. The number of ether oxygens (including phenoxy) is 1. The average Bonchev–Trinajstić information content (AvgIpc) is 2.69. The van der Waals surface area contributed by atoms with Crippen LogP contribution in [0, 0.1) is 0 Å². The maximum atomic E-state index is 13.0. The third-order valence-electron chi connectivity index (χ3n) is 6.20. The number of hydrogen-bond acceptors (Lipinski definition) is 6. The van der Waals surface area contributed by atoms with Gasteiger partial charge in [0.1, 0.15) is 11.5 Å². The Balaban J connectivity index is 1.93. The van der Waals surface area contributed by atoms with E-state index in [0.29, 0.717) is 11.1 Å². The van der Waals surface area contributed by atoms with Crippen molar-refractivity contribution in [2.45, 2.75) is 48.6 Å². The van der Waals surface area contributed by atoms with Gasteiger partial charge in [-0.2, -0.15) is 0 Å². The zero-order valence-electron chi connectivity index (χ0n) is 19.0. The van der Waals surface area contributed by atoms with Crippen molar-refractivity contribution in [2.24, 2.45) is 0 Å². The van der Waals surface area contributed by atoms with E-state index < -0.39 is 11.1 Å². The lowest BCUT2D eigenvalue weighted by atomic mass is 9.92. The second-order valence-electron chi connectivity index (χ2n) is 9.09. The van der Waals surface area contributed by atoms with E-state index >= 15 is 0 Å². The first-order chi connectivity index (χ1) is 13.9. The summed E-state index contributed by atoms with van der Waals surface area (Å²) in [4.78, 5) is 31.6. The molecule has 5 nitrogen and oxygen atoms in total. The van der Waals surface area contributed by atoms with Crippen molar-refractivity contribution in [3.8, 4) is 11.5 Å². The summed E-state index contributed by atoms with van der Waals surface area (Å²) in [5.41, 5.74) is 0.0776. The van der Waals surface area contributed by atoms with Crippen LogP contribution < -0.4 is 4.74 Å². The van der Waals surface area contributed by atoms with Crippen molar-refractivity contribution in [3.05, 3.63) is 47.5 Å². The molecule has 3 rings (SSSR count). The summed E-state index contributed by atoms with van der Waals surface area (Å²) in [6, 6.07) is 11.1. The zero-order valence-corrected chi connectivity index (χ0v) is 19.8. The van der Waals surface area contributed by atoms with Gasteiger partial charge in [0.05, 0.1) is 20.9 Å². The molecule has 0 unspecified atom stereocenters. The lowest BCUT2D eigenvalue weighted by Gasteiger charge is -2.31. The number of hydrogen-bond donors (Lipinski definition) is 0. The second kappa shape index (κ2) is 7.84. The summed E-state index contributed by atoms with van der Waals surface area (Å²) in [5.74, 6) is 1.55. The summed E-state index contributed by atoms with van der Waals surface area (Å²) in [7, 11) is 7.60. The van der Waals surface area contributed by atoms with E-state index in [9.17, 15) is 9.59 Å². The summed E-state index contributed by atoms with van der Waals surface area (Å²) in [5, 5.41) is 0. The van der Waals surface area contributed by atoms with E-state index in [1.54, 1.807) is 0 Å². The van der Waals surface area contributed by atoms with Gasteiger partial charge in [0, 0.05) is 11.1 Å². The smallest absolute Gasteiger partial charge is 0.182 e. The Hall–Kier alpha value is -2.15. The summed E-state index contributed by atoms with van der Waals surface area (Å²) >= 11 is 1.53. The topological polar surface area (TPSA) is 49.9 Å². The van der Waals surface area contributed by atoms with Crippen molar-refractivity contribution in [1.82, 2.24) is 9.80 Å². The Morgan fingerprint density at radius 1 is 0.733 bits per heavy atom. The van der Waals surface area contributed by atoms with Gasteiger partial charge in [-0.15, -0.1) is 0 Å². The quantitative estimate of drug-likeness (QED) is 0.518. The molecule has 30 heavy (non-hydrogen) atoms. The number of carbonyl (C=O) groups is 2. The molecule has 1 aliphatic heterocycles. The van der Waals surface area contributed by atoms with Crippen LogP contribution in [0.4, 0.5) is 0 Å². The fourth-order valence-electron chi connectivity index (χ4n) is 2.98. The standard InChI is InChI=1S/C24H30N2O3S/c1-23(2,25(5)6)21(27)15-9-11-17-19(13-15)30-20-14-16(10-12-18(20)29-17)22(28)24(3,4)26(7)8/h9-14H,1-8H3. The summed E-state index contributed by atoms with van der Waals surface area (Å²) < 4.78 is 6.05. The predicted octanol–water partition coefficient (Wildman–Crippen LogP) is 4.99. The highest BCUT2D eigenvalue weighted by Gasteiger charge is 2.33. The highest BCUT2D eigenvalue weighted by atomic mass is 32.2. The summed E-state index contributed by atoms with van der Waals surface area (Å²) in [6.45, 7) is 7.66. The fourth-order valence-corrected chi connectivity index (χ4v) is 4.01. The van der Waals surface area contributed by atoms with Gasteiger partial charge in [-0.1, -0.05) is 11.8 Å². The average molecular weight is 427 g/mol. The molecule has 0 saturated heterocycles. The third-order valence-corrected chi connectivity index (χ3v) is 7.28. The molecule has 0 atom stereocenters. The van der Waals surface area contributed by atoms with E-state index in [0.717, 1.165) is 21.3 Å². The summed E-state index contributed by atoms with van der Waals surface area (Å²) in [6.07, 6.45) is 0. The van der Waals surface area contributed by atoms with Gasteiger partial charge in [0.25, 0.3) is 0 Å². The Kier molecular flexibility index (Phi) is 5.89. The van der Waals surface area contributed by atoms with Crippen LogP contribution in [0.1, 0.15) is 48.4 Å². The predicted molar refractivity (Wildman–Crippen MR) is 121 cm³/mol. The molecule has 160 valence electrons. The number of carbonyl (C=O) groups excluding carboxylic acids is 2. The molecular formula is C24H30N2O3S. The van der Waals surface area contributed by atoms with Crippen LogP contribution in [-0.4, -0.2) is 60.6 Å². The lowest BCUT2D eigenvalue weighted by Crippen LogP contribution is -2.45. The zero-order chi connectivity index (χ0) is 22.4. The number of Topliss-reactive ketones (excluding diaryl/α,β-unsaturated/α-hetero) is 2. The molecule has 0 amide bonds. The third kappa shape index (κ3) is 3.92. The Labute approximate surface area is 183 Å². The first-order valence-electron chi connectivity index (χ1n) is 9.94. The SMILES string of the molecule is CN(C)C(C)(C)C(=O)c1ccc2c(c1)Sc1cc(C(=O)C(C)(C)N(C)C)ccc1O2. The molecule has 1 heterocycles. The molecule has 0 bridgehead atoms. The molecule has 0 saturated carbocycles. The van der Waals surface area contributed by atoms with Crippen LogP contribution in [0.25, 0.3) is 0 Å². The Morgan fingerprint density at radius 3 is 1.43 bits per heavy atom. The molecule has 2 aromatic rings. The van der Waals surface area contributed by atoms with Crippen LogP contribution in [0.3, 0.4) is 0 Å². The van der Waals surface area contributed by atoms with E-state index in [1.165, 1.54) is 11.8 Å². The fraction of sp³-hybridized carbons (Fsp3) is 0.417. The molecule has 0 fully saturated rings. The van der Waals surface area contributed by atoms with Crippen LogP contribution in [-0.2, 0) is 0 Å². The number of nitrogens with zero attached hydrogens (tertiary/aromatic N) is 2. The van der Waals surface area contributed by atoms with Crippen LogP contribution in [0.5, 0.6) is 11.5 Å². The van der Waals surface area contributed by atoms with E-state index in [4.69, 9.17) is 4.74 Å². The molecule has 1 aliphatic rings. The molecule has 6 heteroatoms. The molecule has 0 N–H and O–H groups in total. The minimum Gasteiger partial charge on any atom is -0.455 e. The Bertz CT molecular complexity index is 930. The van der Waals surface area contributed by atoms with Gasteiger partial charge < -0.3 is 4.74 Å². The van der Waals surface area contributed by atoms with Gasteiger partial charge >= 0.3 is 0 Å². The first-order valence-corrected chi connectivity index (χ1v) is 10.8. The maximum absolute atomic E-state index is 13.0. The minimum atomic E-state index is -0.607. The van der Waals surface area contributed by atoms with Gasteiger partial charge in [-0.25, -0.2) is 0 Å². The molecule has 2 aromatic carbocycles. The number of benzene rings is 2. The van der Waals surface area contributed by atoms with Gasteiger partial charge in [-0.05, 0) is 92.3 Å². The lowest BCUT2D eigenvalue weighted by molar-refractivity contribution is 0.0750. The molecule has 0 spiro atoms. The highest BCUT2D eigenvalue weighted by Crippen LogP contribution is 2.48. The maximum Gasteiger partial charge on any atom is 0.182 e. The van der Waals surface area contributed by atoms with Gasteiger partial charge in [0.15, 0.2) is 11.6 Å². The molecule has 0 aliphatic carbocycles. The van der Waals surface area contributed by atoms with Crippen molar-refractivity contribution in [1.29, 1.82) is 0 Å². The van der Waals surface area contributed by atoms with Crippen molar-refractivity contribution >= 4 is 23.3 Å². The minimum absolute atomic E-state index is 0.0540. The van der Waals surface area contributed by atoms with Crippen molar-refractivity contribution < 1.29 is 14.3 Å². The van der Waals surface area contributed by atoms with E-state index in [-0.39, 0.29) is 11.6 Å². The van der Waals surface area contributed by atoms with Crippen LogP contribution in [0.15, 0.2) is 46.2 Å². The van der Waals surface area contributed by atoms with Gasteiger partial charge in [0.2, 0.25) is 0 Å². The number of fused-ring (bicyclic) bond motifs is 2. The Morgan fingerprint density at radius 2 is 1.10 bits per heavy atom. The van der Waals surface area contributed by atoms with Crippen LogP contribution in [0.2, 0.25) is 0 Å². The van der Waals surface area contributed by atoms with Crippen molar-refractivity contribution in [3.63, 3.8) is 0 Å². The molecule has 0 aromatic heterocycles. The number of rotatable bonds is 6. The molecular weight excluding hydrogens is 396 g/mol. The normalized spacial score (nSPS) is 13.7. The van der Waals surface area contributed by atoms with Crippen LogP contribution >= 0.6 is 11.8 Å². The van der Waals surface area contributed by atoms with E-state index in [2.05, 4.69) is 0 Å². The highest BCUT2D eigenvalue weighted by molar-refractivity contribution is 7.99. The number of likely N-dealkylation sites (N-methyl/N-ethyl adjacent to an activating group) is 2. The second-order valence-corrected chi connectivity index (χ2v) is 10.2. The number of ketones is 2. The van der Waals surface area contributed by atoms with E-state index in [1.807, 2.05) is 102 Å².